The zero-order valence-electron chi connectivity index (χ0n) is 9.84. The average Bonchev–Trinajstić information content (AvgIpc) is 2.63. The highest BCUT2D eigenvalue weighted by Crippen LogP contribution is 2.16. The molecule has 1 amide bonds. The number of carboxylic acid groups (broad SMARTS) is 1. The van der Waals surface area contributed by atoms with Crippen molar-refractivity contribution in [2.75, 3.05) is 18.4 Å². The summed E-state index contributed by atoms with van der Waals surface area (Å²) < 4.78 is 0. The van der Waals surface area contributed by atoms with E-state index in [4.69, 9.17) is 11.5 Å². The van der Waals surface area contributed by atoms with E-state index in [2.05, 4.69) is 16.2 Å². The number of nitrogens with one attached hydrogen (secondary N) is 1. The van der Waals surface area contributed by atoms with Crippen molar-refractivity contribution in [2.24, 2.45) is 0 Å². The molecule has 0 atom stereocenters. The van der Waals surface area contributed by atoms with E-state index in [-0.39, 0.29) is 19.0 Å². The van der Waals surface area contributed by atoms with Crippen molar-refractivity contribution in [3.63, 3.8) is 0 Å². The van der Waals surface area contributed by atoms with Crippen molar-refractivity contribution < 1.29 is 14.7 Å². The minimum atomic E-state index is -0.942. The highest BCUT2D eigenvalue weighted by atomic mass is 32.1. The molecule has 0 saturated carbocycles. The fraction of sp³-hybridized carbons (Fsp3) is 0.364. The van der Waals surface area contributed by atoms with Crippen molar-refractivity contribution >= 4 is 28.3 Å². The molecule has 0 radical (unpaired) electrons. The first-order chi connectivity index (χ1) is 8.51. The maximum Gasteiger partial charge on any atom is 0.317 e. The number of anilines is 1. The van der Waals surface area contributed by atoms with Gasteiger partial charge in [-0.3, -0.25) is 14.5 Å². The minimum absolute atomic E-state index is 0.142. The van der Waals surface area contributed by atoms with Crippen LogP contribution in [-0.4, -0.2) is 40.0 Å². The normalized spacial score (nSPS) is 10.1. The molecular formula is C11H13N3O3S. The van der Waals surface area contributed by atoms with E-state index in [0.717, 1.165) is 0 Å². The Morgan fingerprint density at radius 2 is 2.39 bits per heavy atom. The van der Waals surface area contributed by atoms with E-state index in [9.17, 15) is 9.59 Å². The molecule has 1 aromatic heterocycles. The van der Waals surface area contributed by atoms with Crippen LogP contribution < -0.4 is 5.32 Å². The number of aliphatic carboxylic acids is 1. The number of carboxylic acids is 1. The lowest BCUT2D eigenvalue weighted by Gasteiger charge is -2.15. The van der Waals surface area contributed by atoms with Crippen LogP contribution in [0.2, 0.25) is 0 Å². The fourth-order valence-corrected chi connectivity index (χ4v) is 2.05. The number of nitrogens with zero attached hydrogens (tertiary/aromatic N) is 2. The van der Waals surface area contributed by atoms with Gasteiger partial charge in [0.2, 0.25) is 5.91 Å². The number of carbonyl (C=O) groups is 2. The molecular weight excluding hydrogens is 254 g/mol. The average molecular weight is 267 g/mol. The summed E-state index contributed by atoms with van der Waals surface area (Å²) in [6, 6.07) is 0. The molecule has 0 aliphatic carbocycles. The predicted molar refractivity (Wildman–Crippen MR) is 68.2 cm³/mol. The van der Waals surface area contributed by atoms with Crippen molar-refractivity contribution in [1.82, 2.24) is 9.88 Å². The Labute approximate surface area is 109 Å². The molecule has 0 unspecified atom stereocenters. The van der Waals surface area contributed by atoms with E-state index in [1.54, 1.807) is 10.3 Å². The smallest absolute Gasteiger partial charge is 0.317 e. The van der Waals surface area contributed by atoms with E-state index >= 15 is 0 Å². The molecule has 6 nitrogen and oxygen atoms in total. The van der Waals surface area contributed by atoms with Gasteiger partial charge in [-0.15, -0.1) is 17.8 Å². The third-order valence-corrected chi connectivity index (χ3v) is 2.70. The van der Waals surface area contributed by atoms with Crippen LogP contribution in [-0.2, 0) is 16.1 Å². The summed E-state index contributed by atoms with van der Waals surface area (Å²) in [5.74, 6) is 1.27. The van der Waals surface area contributed by atoms with Crippen molar-refractivity contribution in [2.45, 2.75) is 13.5 Å². The van der Waals surface area contributed by atoms with E-state index in [0.29, 0.717) is 17.4 Å². The quantitative estimate of drug-likeness (QED) is 0.738. The molecule has 18 heavy (non-hydrogen) atoms. The molecule has 0 aromatic carbocycles. The molecule has 1 rings (SSSR count). The summed E-state index contributed by atoms with van der Waals surface area (Å²) in [4.78, 5) is 27.2. The number of hydrogen-bond acceptors (Lipinski definition) is 5. The Balaban J connectivity index is 2.63. The van der Waals surface area contributed by atoms with Gasteiger partial charge >= 0.3 is 5.97 Å². The Morgan fingerprint density at radius 3 is 2.94 bits per heavy atom. The number of rotatable bonds is 6. The zero-order valence-corrected chi connectivity index (χ0v) is 10.7. The molecule has 0 saturated heterocycles. The van der Waals surface area contributed by atoms with Crippen molar-refractivity contribution in [3.8, 4) is 12.3 Å². The van der Waals surface area contributed by atoms with Crippen molar-refractivity contribution in [3.05, 3.63) is 11.1 Å². The third-order valence-electron chi connectivity index (χ3n) is 1.89. The fourth-order valence-electron chi connectivity index (χ4n) is 1.30. The molecule has 96 valence electrons. The van der Waals surface area contributed by atoms with Crippen LogP contribution >= 0.6 is 11.3 Å². The largest absolute Gasteiger partial charge is 0.480 e. The molecule has 2 N–H and O–H groups in total. The maximum absolute atomic E-state index is 10.8. The molecule has 1 aromatic rings. The summed E-state index contributed by atoms with van der Waals surface area (Å²) in [5, 5.41) is 13.5. The topological polar surface area (TPSA) is 82.5 Å². The van der Waals surface area contributed by atoms with Gasteiger partial charge in [0, 0.05) is 18.8 Å². The number of thiazole rings is 1. The minimum Gasteiger partial charge on any atom is -0.480 e. The standard InChI is InChI=1S/C11H13N3O3S/c1-3-4-14(6-10(16)17)5-9-7-18-11(13-9)12-8(2)15/h1,7H,4-6H2,2H3,(H,16,17)(H,12,13,15). The van der Waals surface area contributed by atoms with Gasteiger partial charge in [-0.25, -0.2) is 4.98 Å². The van der Waals surface area contributed by atoms with E-state index < -0.39 is 5.97 Å². The summed E-state index contributed by atoms with van der Waals surface area (Å²) in [7, 11) is 0. The predicted octanol–water partition coefficient (Wildman–Crippen LogP) is 0.621. The SMILES string of the molecule is C#CCN(CC(=O)O)Cc1csc(NC(C)=O)n1. The Kier molecular flexibility index (Phi) is 5.30. The second-order valence-corrected chi connectivity index (χ2v) is 4.43. The number of carbonyl (C=O) groups excluding carboxylic acids is 1. The monoisotopic (exact) mass is 267 g/mol. The molecule has 0 bridgehead atoms. The lowest BCUT2D eigenvalue weighted by atomic mass is 10.4. The lowest BCUT2D eigenvalue weighted by Crippen LogP contribution is -2.29. The van der Waals surface area contributed by atoms with Gasteiger partial charge in [-0.2, -0.15) is 0 Å². The van der Waals surface area contributed by atoms with E-state index in [1.807, 2.05) is 0 Å². The van der Waals surface area contributed by atoms with Gasteiger partial charge in [-0.05, 0) is 0 Å². The van der Waals surface area contributed by atoms with Crippen LogP contribution in [0, 0.1) is 12.3 Å². The second-order valence-electron chi connectivity index (χ2n) is 3.57. The molecule has 0 spiro atoms. The lowest BCUT2D eigenvalue weighted by molar-refractivity contribution is -0.138. The Hall–Kier alpha value is -1.91. The summed E-state index contributed by atoms with van der Waals surface area (Å²) >= 11 is 1.29. The summed E-state index contributed by atoms with van der Waals surface area (Å²) in [6.07, 6.45) is 5.17. The second kappa shape index (κ2) is 6.74. The molecule has 7 heteroatoms. The summed E-state index contributed by atoms with van der Waals surface area (Å²) in [5.41, 5.74) is 0.681. The Bertz CT molecular complexity index is 478. The van der Waals surface area contributed by atoms with Gasteiger partial charge in [0.1, 0.15) is 0 Å². The third kappa shape index (κ3) is 4.95. The maximum atomic E-state index is 10.8. The molecule has 0 fully saturated rings. The van der Waals surface area contributed by atoms with Gasteiger partial charge in [0.15, 0.2) is 5.13 Å². The van der Waals surface area contributed by atoms with Crippen LogP contribution in [0.25, 0.3) is 0 Å². The molecule has 0 aliphatic rings. The van der Waals surface area contributed by atoms with Gasteiger partial charge in [-0.1, -0.05) is 5.92 Å². The summed E-state index contributed by atoms with van der Waals surface area (Å²) in [6.45, 7) is 1.83. The van der Waals surface area contributed by atoms with Crippen molar-refractivity contribution in [1.29, 1.82) is 0 Å². The van der Waals surface area contributed by atoms with Crippen LogP contribution in [0.4, 0.5) is 5.13 Å². The number of amides is 1. The van der Waals surface area contributed by atoms with Gasteiger partial charge in [0.05, 0.1) is 18.8 Å². The van der Waals surface area contributed by atoms with Crippen LogP contribution in [0.5, 0.6) is 0 Å². The van der Waals surface area contributed by atoms with Gasteiger partial charge in [0.25, 0.3) is 0 Å². The number of aromatic nitrogens is 1. The van der Waals surface area contributed by atoms with Crippen LogP contribution in [0.15, 0.2) is 5.38 Å². The van der Waals surface area contributed by atoms with Crippen LogP contribution in [0.3, 0.4) is 0 Å². The van der Waals surface area contributed by atoms with Gasteiger partial charge < -0.3 is 10.4 Å². The number of hydrogen-bond donors (Lipinski definition) is 2. The molecule has 1 heterocycles. The van der Waals surface area contributed by atoms with Crippen LogP contribution in [0.1, 0.15) is 12.6 Å². The molecule has 0 aliphatic heterocycles. The zero-order chi connectivity index (χ0) is 13.5. The Morgan fingerprint density at radius 1 is 1.67 bits per heavy atom. The highest BCUT2D eigenvalue weighted by molar-refractivity contribution is 7.13. The first kappa shape index (κ1) is 14.2. The first-order valence-corrected chi connectivity index (χ1v) is 5.99. The highest BCUT2D eigenvalue weighted by Gasteiger charge is 2.11. The first-order valence-electron chi connectivity index (χ1n) is 5.11. The van der Waals surface area contributed by atoms with E-state index in [1.165, 1.54) is 18.3 Å². The number of terminal acetylenes is 1.